The summed E-state index contributed by atoms with van der Waals surface area (Å²) < 4.78 is 22.8. The Morgan fingerprint density at radius 3 is 0.961 bits per heavy atom. The molecule has 5 N–H and O–H groups in total. The fraction of sp³-hybridized carbons (Fsp3) is 0.278. The maximum atomic E-state index is 12.2. The van der Waals surface area contributed by atoms with Gasteiger partial charge in [0.15, 0.2) is 0 Å². The quantitative estimate of drug-likeness (QED) is 0.0324. The molecule has 0 spiro atoms. The van der Waals surface area contributed by atoms with Gasteiger partial charge in [-0.25, -0.2) is 28.9 Å². The van der Waals surface area contributed by atoms with E-state index in [0.29, 0.717) is 55.4 Å². The van der Waals surface area contributed by atoms with E-state index in [1.54, 1.807) is 19.1 Å². The maximum absolute atomic E-state index is 12.2. The first-order valence-corrected chi connectivity index (χ1v) is 38.0. The van der Waals surface area contributed by atoms with Gasteiger partial charge in [0.25, 0.3) is 23.6 Å². The van der Waals surface area contributed by atoms with Crippen molar-refractivity contribution in [2.24, 2.45) is 0 Å². The summed E-state index contributed by atoms with van der Waals surface area (Å²) in [6.45, 7) is 9.92. The number of imidazole rings is 4. The Labute approximate surface area is 612 Å². The summed E-state index contributed by atoms with van der Waals surface area (Å²) in [6.07, 6.45) is 7.96. The van der Waals surface area contributed by atoms with Crippen LogP contribution in [-0.2, 0) is 110 Å². The second-order valence-electron chi connectivity index (χ2n) is 25.1. The smallest absolute Gasteiger partial charge is 0.338 e. The molecule has 0 atom stereocenters. The van der Waals surface area contributed by atoms with Gasteiger partial charge in [-0.1, -0.05) is 116 Å². The van der Waals surface area contributed by atoms with Crippen LogP contribution in [-0.4, -0.2) is 110 Å². The normalized spacial score (nSPS) is 13.5. The Morgan fingerprint density at radius 2 is 0.689 bits per heavy atom. The minimum atomic E-state index is -1.67. The molecule has 0 radical (unpaired) electrons. The van der Waals surface area contributed by atoms with E-state index in [-0.39, 0.29) is 36.2 Å². The lowest BCUT2D eigenvalue weighted by molar-refractivity contribution is 0.0525. The number of alkyl halides is 1. The van der Waals surface area contributed by atoms with E-state index < -0.39 is 9.23 Å². The highest BCUT2D eigenvalue weighted by Crippen LogP contribution is 2.29. The van der Waals surface area contributed by atoms with Gasteiger partial charge in [0.2, 0.25) is 9.23 Å². The highest BCUT2D eigenvalue weighted by atomic mass is 36.0. The van der Waals surface area contributed by atoms with E-state index in [9.17, 15) is 24.0 Å². The first kappa shape index (κ1) is 72.7. The highest BCUT2D eigenvalue weighted by Gasteiger charge is 2.26. The molecule has 0 bridgehead atoms. The zero-order valence-electron chi connectivity index (χ0n) is 57.2. The van der Waals surface area contributed by atoms with Crippen LogP contribution >= 0.6 is 33.0 Å². The lowest BCUT2D eigenvalue weighted by atomic mass is 10.1. The molecule has 24 heteroatoms. The fourth-order valence-corrected chi connectivity index (χ4v) is 13.7. The molecule has 103 heavy (non-hydrogen) atoms. The summed E-state index contributed by atoms with van der Waals surface area (Å²) in [5.74, 6) is 4.26. The molecule has 16 rings (SSSR count). The lowest BCUT2D eigenvalue weighted by Gasteiger charge is -2.08. The number of carbonyl (C=O) groups is 5. The first-order valence-electron chi connectivity index (χ1n) is 34.6. The molecule has 4 amide bonds. The number of nitrogens with zero attached hydrogens (tertiary/aromatic N) is 8. The standard InChI is InChI=1S/C21H21N3O3.C20H21N3O.C19H18ClN3O.C19H19N3O2.Cl2OS/c1-2-27-21(26)15-9-6-14(7-10-15)8-11-18-23-17-5-3-4-16-19(17)24(18)13-12-22-20(16)25;1-2-14-6-8-15(9-7-14)10-11-18-22-17-5-3-4-16-19(17)23(18)13-12-21-20(16)24;20-12-14-6-4-13(5-7-14)8-9-17-22-16-3-1-2-15-18(16)23(17)11-10-21-19(15)24;23-12-14-6-4-13(5-7-14)8-9-17-21-16-3-1-2-15-18(16)22(17)11-10-20-19(15)24;1-4(2)3/h3-7,9-10H,2,8,11-13H2,1H3,(H,22,25);3-9H,2,10-13H2,1H3,(H,21,24);1-7H,8-12H2,(H,21,24);1-7,23H,8-12H2,(H,20,24);. The number of aliphatic hydroxyl groups is 1. The molecule has 0 unspecified atom stereocenters. The molecular weight excluding hydrogens is 1380 g/mol. The number of halogens is 3. The van der Waals surface area contributed by atoms with E-state index in [2.05, 4.69) is 116 Å². The monoisotopic (exact) mass is 1460 g/mol. The van der Waals surface area contributed by atoms with Crippen molar-refractivity contribution in [2.75, 3.05) is 32.8 Å². The van der Waals surface area contributed by atoms with Crippen LogP contribution in [0.1, 0.15) is 128 Å². The molecule has 4 aliphatic heterocycles. The Bertz CT molecular complexity index is 4710. The van der Waals surface area contributed by atoms with Gasteiger partial charge in [0, 0.05) is 105 Å². The van der Waals surface area contributed by atoms with E-state index in [0.717, 1.165) is 179 Å². The molecule has 4 aliphatic rings. The van der Waals surface area contributed by atoms with Crippen molar-refractivity contribution in [1.29, 1.82) is 0 Å². The summed E-state index contributed by atoms with van der Waals surface area (Å²) in [5.41, 5.74) is 19.1. The van der Waals surface area contributed by atoms with Crippen molar-refractivity contribution < 1.29 is 38.0 Å². The molecule has 4 aromatic heterocycles. The fourth-order valence-electron chi connectivity index (χ4n) is 13.5. The van der Waals surface area contributed by atoms with Crippen LogP contribution in [0.15, 0.2) is 170 Å². The molecule has 0 aliphatic carbocycles. The Balaban J connectivity index is 0.000000127. The van der Waals surface area contributed by atoms with Crippen molar-refractivity contribution in [3.8, 4) is 0 Å². The molecule has 8 aromatic carbocycles. The van der Waals surface area contributed by atoms with Gasteiger partial charge in [0.05, 0.1) is 85.2 Å². The largest absolute Gasteiger partial charge is 0.462 e. The number of ether oxygens (including phenoxy) is 1. The van der Waals surface area contributed by atoms with Crippen LogP contribution in [0.5, 0.6) is 0 Å². The number of aliphatic hydroxyl groups excluding tert-OH is 1. The van der Waals surface area contributed by atoms with Gasteiger partial charge in [-0.3, -0.25) is 19.2 Å². The Hall–Kier alpha value is -10.0. The van der Waals surface area contributed by atoms with E-state index >= 15 is 0 Å². The minimum Gasteiger partial charge on any atom is -0.462 e. The average molecular weight is 1460 g/mol. The van der Waals surface area contributed by atoms with Gasteiger partial charge in [-0.2, -0.15) is 0 Å². The zero-order chi connectivity index (χ0) is 71.9. The summed E-state index contributed by atoms with van der Waals surface area (Å²) in [4.78, 5) is 79.6. The van der Waals surface area contributed by atoms with Crippen LogP contribution in [0.2, 0.25) is 0 Å². The molecule has 0 fully saturated rings. The molecule has 0 saturated carbocycles. The number of aromatic nitrogens is 8. The van der Waals surface area contributed by atoms with Gasteiger partial charge in [-0.05, 0) is 139 Å². The summed E-state index contributed by atoms with van der Waals surface area (Å²) in [5, 5.41) is 20.9. The number of esters is 1. The number of hydrogen-bond donors (Lipinski definition) is 5. The molecular formula is C79H79Cl3N12O8S. The molecule has 530 valence electrons. The predicted octanol–water partition coefficient (Wildman–Crippen LogP) is 12.3. The lowest BCUT2D eigenvalue weighted by Crippen LogP contribution is -2.24. The van der Waals surface area contributed by atoms with E-state index in [4.69, 9.17) is 45.6 Å². The molecule has 12 aromatic rings. The van der Waals surface area contributed by atoms with Crippen LogP contribution in [0, 0.1) is 0 Å². The van der Waals surface area contributed by atoms with Crippen LogP contribution < -0.4 is 21.3 Å². The van der Waals surface area contributed by atoms with Crippen LogP contribution in [0.4, 0.5) is 0 Å². The average Bonchev–Trinajstić information content (AvgIpc) is 1.65. The number of rotatable bonds is 17. The number of aryl methyl sites for hydroxylation is 9. The van der Waals surface area contributed by atoms with Crippen LogP contribution in [0.25, 0.3) is 44.1 Å². The number of amides is 4. The second kappa shape index (κ2) is 34.3. The number of benzene rings is 8. The van der Waals surface area contributed by atoms with E-state index in [1.165, 1.54) is 22.3 Å². The van der Waals surface area contributed by atoms with Gasteiger partial charge in [-0.15, -0.1) is 11.6 Å². The van der Waals surface area contributed by atoms with Crippen molar-refractivity contribution in [1.82, 2.24) is 59.5 Å². The Kier molecular flexibility index (Phi) is 24.2. The molecule has 0 saturated heterocycles. The number of hydrogen-bond acceptors (Lipinski definition) is 12. The number of nitrogens with one attached hydrogen (secondary N) is 4. The van der Waals surface area contributed by atoms with Gasteiger partial charge < -0.3 is 49.4 Å². The maximum Gasteiger partial charge on any atom is 0.338 e. The van der Waals surface area contributed by atoms with Crippen molar-refractivity contribution >= 4 is 116 Å². The first-order chi connectivity index (χ1) is 50.2. The number of carbonyl (C=O) groups excluding carboxylic acids is 5. The van der Waals surface area contributed by atoms with Gasteiger partial charge >= 0.3 is 5.97 Å². The van der Waals surface area contributed by atoms with Crippen molar-refractivity contribution in [3.63, 3.8) is 0 Å². The third kappa shape index (κ3) is 17.4. The summed E-state index contributed by atoms with van der Waals surface area (Å²) in [7, 11) is 7.36. The third-order valence-corrected chi connectivity index (χ3v) is 19.0. The van der Waals surface area contributed by atoms with Crippen LogP contribution in [0.3, 0.4) is 0 Å². The zero-order valence-corrected chi connectivity index (χ0v) is 60.3. The molecule has 8 heterocycles. The SMILES string of the molecule is CCOC(=O)c1ccc(CCc2nc3cccc4c3n2CCNC4=O)cc1.CCc1ccc(CCc2nc3cccc4c3n2CCNC4=O)cc1.O=C1NCCn2c(CCc3ccc(CCl)cc3)nc3cccc1c32.O=C1NCCn2c(CCc3ccc(CO)cc3)nc3cccc1c32.O=S(Cl)Cl. The summed E-state index contributed by atoms with van der Waals surface area (Å²) in [6, 6.07) is 55.6. The third-order valence-electron chi connectivity index (χ3n) is 18.7. The predicted molar refractivity (Wildman–Crippen MR) is 404 cm³/mol. The van der Waals surface area contributed by atoms with Crippen molar-refractivity contribution in [2.45, 2.75) is 110 Å². The summed E-state index contributed by atoms with van der Waals surface area (Å²) >= 11 is 5.84. The van der Waals surface area contributed by atoms with Crippen molar-refractivity contribution in [3.05, 3.63) is 260 Å². The van der Waals surface area contributed by atoms with E-state index in [1.807, 2.05) is 109 Å². The minimum absolute atomic E-state index is 0.000884. The second-order valence-corrected chi connectivity index (χ2v) is 27.9. The Morgan fingerprint density at radius 1 is 0.417 bits per heavy atom. The van der Waals surface area contributed by atoms with Gasteiger partial charge in [0.1, 0.15) is 23.3 Å². The highest BCUT2D eigenvalue weighted by molar-refractivity contribution is 8.26. The molecule has 20 nitrogen and oxygen atoms in total. The topological polar surface area (TPSA) is 251 Å². The number of para-hydroxylation sites is 4.